The number of amides is 1. The number of aryl methyl sites for hydroxylation is 1. The summed E-state index contributed by atoms with van der Waals surface area (Å²) in [4.78, 5) is 26.9. The van der Waals surface area contributed by atoms with Crippen LogP contribution in [-0.2, 0) is 0 Å². The molecular weight excluding hydrogens is 272 g/mol. The van der Waals surface area contributed by atoms with Gasteiger partial charge in [-0.05, 0) is 19.1 Å². The van der Waals surface area contributed by atoms with E-state index in [4.69, 9.17) is 9.47 Å². The molecule has 2 aromatic rings. The molecular formula is C15H16N2O4. The number of benzene rings is 1. The highest BCUT2D eigenvalue weighted by atomic mass is 16.5. The Bertz CT molecular complexity index is 722. The number of hydrogen-bond donors (Lipinski definition) is 2. The first-order valence-corrected chi connectivity index (χ1v) is 6.28. The lowest BCUT2D eigenvalue weighted by Crippen LogP contribution is -2.23. The van der Waals surface area contributed by atoms with Crippen LogP contribution in [0.25, 0.3) is 0 Å². The summed E-state index contributed by atoms with van der Waals surface area (Å²) in [7, 11) is 3.02. The Morgan fingerprint density at radius 2 is 1.95 bits per heavy atom. The molecule has 2 rings (SSSR count). The fourth-order valence-electron chi connectivity index (χ4n) is 1.86. The average molecular weight is 288 g/mol. The van der Waals surface area contributed by atoms with Gasteiger partial charge in [-0.2, -0.15) is 0 Å². The topological polar surface area (TPSA) is 80.4 Å². The van der Waals surface area contributed by atoms with Gasteiger partial charge in [-0.1, -0.05) is 0 Å². The van der Waals surface area contributed by atoms with Gasteiger partial charge in [0.15, 0.2) is 5.43 Å². The van der Waals surface area contributed by atoms with Gasteiger partial charge in [0.2, 0.25) is 0 Å². The van der Waals surface area contributed by atoms with E-state index in [9.17, 15) is 9.59 Å². The molecule has 0 aliphatic heterocycles. The van der Waals surface area contributed by atoms with Crippen LogP contribution < -0.4 is 20.2 Å². The minimum Gasteiger partial charge on any atom is -0.497 e. The normalized spacial score (nSPS) is 10.0. The number of methoxy groups -OCH3 is 2. The Balaban J connectivity index is 2.35. The second-order valence-electron chi connectivity index (χ2n) is 4.40. The van der Waals surface area contributed by atoms with Gasteiger partial charge in [0.25, 0.3) is 5.91 Å². The fourth-order valence-corrected chi connectivity index (χ4v) is 1.86. The monoisotopic (exact) mass is 288 g/mol. The molecule has 1 heterocycles. The van der Waals surface area contributed by atoms with E-state index in [0.29, 0.717) is 22.7 Å². The van der Waals surface area contributed by atoms with E-state index in [-0.39, 0.29) is 11.0 Å². The number of carbonyl (C=O) groups excluding carboxylic acids is 1. The van der Waals surface area contributed by atoms with Crippen molar-refractivity contribution in [1.29, 1.82) is 0 Å². The Morgan fingerprint density at radius 3 is 2.62 bits per heavy atom. The molecule has 21 heavy (non-hydrogen) atoms. The summed E-state index contributed by atoms with van der Waals surface area (Å²) >= 11 is 0. The van der Waals surface area contributed by atoms with Gasteiger partial charge >= 0.3 is 0 Å². The van der Waals surface area contributed by atoms with Crippen molar-refractivity contribution in [2.45, 2.75) is 6.92 Å². The van der Waals surface area contributed by atoms with E-state index in [0.717, 1.165) is 0 Å². The van der Waals surface area contributed by atoms with Crippen LogP contribution in [0.4, 0.5) is 5.69 Å². The van der Waals surface area contributed by atoms with Crippen molar-refractivity contribution in [1.82, 2.24) is 4.98 Å². The highest BCUT2D eigenvalue weighted by molar-refractivity contribution is 6.05. The van der Waals surface area contributed by atoms with Crippen LogP contribution in [-0.4, -0.2) is 25.1 Å². The molecule has 110 valence electrons. The molecule has 1 aromatic heterocycles. The molecule has 1 aromatic carbocycles. The number of anilines is 1. The van der Waals surface area contributed by atoms with Crippen molar-refractivity contribution < 1.29 is 14.3 Å². The molecule has 0 spiro atoms. The third-order valence-corrected chi connectivity index (χ3v) is 3.03. The smallest absolute Gasteiger partial charge is 0.261 e. The fraction of sp³-hybridized carbons (Fsp3) is 0.200. The van der Waals surface area contributed by atoms with Gasteiger partial charge in [0.05, 0.1) is 19.9 Å². The minimum absolute atomic E-state index is 0.0415. The van der Waals surface area contributed by atoms with E-state index in [1.807, 2.05) is 0 Å². The zero-order valence-corrected chi connectivity index (χ0v) is 12.0. The largest absolute Gasteiger partial charge is 0.497 e. The third-order valence-electron chi connectivity index (χ3n) is 3.03. The minimum atomic E-state index is -0.508. The van der Waals surface area contributed by atoms with E-state index in [1.54, 1.807) is 31.3 Å². The van der Waals surface area contributed by atoms with Crippen LogP contribution in [0.15, 0.2) is 35.4 Å². The molecule has 6 heteroatoms. The number of pyridine rings is 1. The quantitative estimate of drug-likeness (QED) is 0.901. The zero-order chi connectivity index (χ0) is 15.4. The maximum atomic E-state index is 12.2. The summed E-state index contributed by atoms with van der Waals surface area (Å²) in [6, 6.07) is 5.02. The molecule has 6 nitrogen and oxygen atoms in total. The van der Waals surface area contributed by atoms with E-state index >= 15 is 0 Å². The first kappa shape index (κ1) is 14.6. The summed E-state index contributed by atoms with van der Waals surface area (Å²) in [6.45, 7) is 1.64. The number of rotatable bonds is 4. The number of aromatic nitrogens is 1. The molecule has 0 saturated heterocycles. The number of nitrogens with one attached hydrogen (secondary N) is 2. The van der Waals surface area contributed by atoms with E-state index < -0.39 is 5.91 Å². The van der Waals surface area contributed by atoms with Crippen molar-refractivity contribution in [3.8, 4) is 11.5 Å². The average Bonchev–Trinajstić information content (AvgIpc) is 2.49. The lowest BCUT2D eigenvalue weighted by molar-refractivity contribution is 0.102. The lowest BCUT2D eigenvalue weighted by Gasteiger charge is -2.11. The molecule has 0 aliphatic rings. The molecule has 0 aliphatic carbocycles. The maximum absolute atomic E-state index is 12.2. The summed E-state index contributed by atoms with van der Waals surface area (Å²) < 4.78 is 10.3. The maximum Gasteiger partial charge on any atom is 0.261 e. The first-order chi connectivity index (χ1) is 10.1. The molecule has 0 bridgehead atoms. The van der Waals surface area contributed by atoms with Crippen LogP contribution in [0.3, 0.4) is 0 Å². The number of carbonyl (C=O) groups is 1. The van der Waals surface area contributed by atoms with Crippen molar-refractivity contribution in [3.05, 3.63) is 51.9 Å². The van der Waals surface area contributed by atoms with Crippen molar-refractivity contribution in [3.63, 3.8) is 0 Å². The molecule has 0 saturated carbocycles. The highest BCUT2D eigenvalue weighted by Gasteiger charge is 2.14. The Morgan fingerprint density at radius 1 is 1.19 bits per heavy atom. The predicted octanol–water partition coefficient (Wildman–Crippen LogP) is 1.95. The van der Waals surface area contributed by atoms with Crippen LogP contribution in [0.5, 0.6) is 11.5 Å². The molecule has 0 atom stereocenters. The second kappa shape index (κ2) is 6.13. The van der Waals surface area contributed by atoms with Crippen molar-refractivity contribution in [2.75, 3.05) is 19.5 Å². The first-order valence-electron chi connectivity index (χ1n) is 6.28. The van der Waals surface area contributed by atoms with E-state index in [2.05, 4.69) is 10.3 Å². The van der Waals surface area contributed by atoms with Gasteiger partial charge in [0.1, 0.15) is 17.1 Å². The van der Waals surface area contributed by atoms with Gasteiger partial charge in [-0.15, -0.1) is 0 Å². The predicted molar refractivity (Wildman–Crippen MR) is 79.3 cm³/mol. The standard InChI is InChI=1S/C15H16N2O4/c1-9-7-16-8-11(14(9)18)15(19)17-12-6-10(20-2)4-5-13(12)21-3/h4-8H,1-3H3,(H,16,18)(H,17,19). The van der Waals surface area contributed by atoms with Gasteiger partial charge < -0.3 is 19.8 Å². The Hall–Kier alpha value is -2.76. The summed E-state index contributed by atoms with van der Waals surface area (Å²) in [5.74, 6) is 0.545. The lowest BCUT2D eigenvalue weighted by atomic mass is 10.2. The molecule has 0 unspecified atom stereocenters. The SMILES string of the molecule is COc1ccc(OC)c(NC(=O)c2c[nH]cc(C)c2=O)c1. The summed E-state index contributed by atoms with van der Waals surface area (Å²) in [6.07, 6.45) is 2.92. The van der Waals surface area contributed by atoms with Crippen LogP contribution in [0.2, 0.25) is 0 Å². The van der Waals surface area contributed by atoms with Gasteiger partial charge in [-0.25, -0.2) is 0 Å². The Labute approximate surface area is 121 Å². The van der Waals surface area contributed by atoms with Crippen LogP contribution >= 0.6 is 0 Å². The zero-order valence-electron chi connectivity index (χ0n) is 12.0. The van der Waals surface area contributed by atoms with Crippen molar-refractivity contribution >= 4 is 11.6 Å². The number of ether oxygens (including phenoxy) is 2. The van der Waals surface area contributed by atoms with Crippen molar-refractivity contribution in [2.24, 2.45) is 0 Å². The Kier molecular flexibility index (Phi) is 4.27. The van der Waals surface area contributed by atoms with Gasteiger partial charge in [-0.3, -0.25) is 9.59 Å². The summed E-state index contributed by atoms with van der Waals surface area (Å²) in [5.41, 5.74) is 0.635. The second-order valence-corrected chi connectivity index (χ2v) is 4.40. The highest BCUT2D eigenvalue weighted by Crippen LogP contribution is 2.29. The molecule has 2 N–H and O–H groups in total. The van der Waals surface area contributed by atoms with Crippen LogP contribution in [0.1, 0.15) is 15.9 Å². The molecule has 0 radical (unpaired) electrons. The number of hydrogen-bond acceptors (Lipinski definition) is 4. The number of aromatic amines is 1. The third kappa shape index (κ3) is 3.05. The summed E-state index contributed by atoms with van der Waals surface area (Å²) in [5, 5.41) is 2.66. The van der Waals surface area contributed by atoms with Gasteiger partial charge in [0, 0.05) is 24.0 Å². The van der Waals surface area contributed by atoms with E-state index in [1.165, 1.54) is 20.4 Å². The molecule has 1 amide bonds. The van der Waals surface area contributed by atoms with Crippen LogP contribution in [0, 0.1) is 6.92 Å². The number of H-pyrrole nitrogens is 1. The molecule has 0 fully saturated rings.